The van der Waals surface area contributed by atoms with Crippen LogP contribution in [0.5, 0.6) is 0 Å². The van der Waals surface area contributed by atoms with Crippen molar-refractivity contribution in [2.24, 2.45) is 11.8 Å². The predicted octanol–water partition coefficient (Wildman–Crippen LogP) is 3.86. The van der Waals surface area contributed by atoms with Crippen LogP contribution >= 0.6 is 23.2 Å². The fourth-order valence-electron chi connectivity index (χ4n) is 1.72. The molecule has 0 bridgehead atoms. The Morgan fingerprint density at radius 1 is 1.28 bits per heavy atom. The van der Waals surface area contributed by atoms with Gasteiger partial charge in [-0.2, -0.15) is 0 Å². The summed E-state index contributed by atoms with van der Waals surface area (Å²) in [4.78, 5) is 11.7. The summed E-state index contributed by atoms with van der Waals surface area (Å²) in [7, 11) is 0. The predicted molar refractivity (Wildman–Crippen MR) is 66.4 cm³/mol. The van der Waals surface area contributed by atoms with Crippen molar-refractivity contribution < 1.29 is 13.6 Å². The maximum atomic E-state index is 12.9. The van der Waals surface area contributed by atoms with E-state index in [1.165, 1.54) is 0 Å². The monoisotopic (exact) mass is 291 g/mol. The molecule has 0 aliphatic heterocycles. The zero-order valence-corrected chi connectivity index (χ0v) is 10.6. The van der Waals surface area contributed by atoms with E-state index in [1.807, 2.05) is 0 Å². The lowest BCUT2D eigenvalue weighted by molar-refractivity contribution is -0.117. The first kappa shape index (κ1) is 13.3. The third kappa shape index (κ3) is 3.43. The fourth-order valence-corrected chi connectivity index (χ4v) is 2.05. The van der Waals surface area contributed by atoms with E-state index < -0.39 is 11.6 Å². The van der Waals surface area contributed by atoms with E-state index in [1.54, 1.807) is 6.08 Å². The smallest absolute Gasteiger partial charge is 0.228 e. The minimum Gasteiger partial charge on any atom is -0.326 e. The Kier molecular flexibility index (Phi) is 3.88. The van der Waals surface area contributed by atoms with Crippen LogP contribution in [0.1, 0.15) is 6.42 Å². The molecular formula is C12H9Cl2F2NO. The number of rotatable bonds is 3. The summed E-state index contributed by atoms with van der Waals surface area (Å²) in [6.45, 7) is 0. The zero-order valence-electron chi connectivity index (χ0n) is 9.09. The number of benzene rings is 1. The van der Waals surface area contributed by atoms with Crippen molar-refractivity contribution in [1.29, 1.82) is 0 Å². The number of amides is 1. The maximum absolute atomic E-state index is 12.9. The molecule has 0 heterocycles. The van der Waals surface area contributed by atoms with E-state index in [9.17, 15) is 13.6 Å². The average molecular weight is 292 g/mol. The van der Waals surface area contributed by atoms with Gasteiger partial charge in [0.25, 0.3) is 0 Å². The van der Waals surface area contributed by atoms with Crippen LogP contribution in [0.3, 0.4) is 0 Å². The molecule has 1 amide bonds. The van der Waals surface area contributed by atoms with E-state index in [0.717, 1.165) is 18.2 Å². The molecule has 0 unspecified atom stereocenters. The summed E-state index contributed by atoms with van der Waals surface area (Å²) in [6, 6.07) is 2.86. The summed E-state index contributed by atoms with van der Waals surface area (Å²) >= 11 is 11.0. The van der Waals surface area contributed by atoms with Gasteiger partial charge in [0.2, 0.25) is 5.91 Å². The van der Waals surface area contributed by atoms with Crippen LogP contribution in [-0.2, 0) is 4.79 Å². The van der Waals surface area contributed by atoms with Crippen LogP contribution < -0.4 is 5.32 Å². The second-order valence-corrected chi connectivity index (χ2v) is 5.12. The molecule has 0 spiro atoms. The van der Waals surface area contributed by atoms with Crippen molar-refractivity contribution in [2.45, 2.75) is 6.42 Å². The topological polar surface area (TPSA) is 29.1 Å². The molecule has 1 aromatic rings. The van der Waals surface area contributed by atoms with E-state index in [0.29, 0.717) is 6.42 Å². The second kappa shape index (κ2) is 5.24. The Hall–Kier alpha value is -1.13. The van der Waals surface area contributed by atoms with Crippen LogP contribution in [0.4, 0.5) is 14.5 Å². The quantitative estimate of drug-likeness (QED) is 0.900. The number of halogens is 4. The minimum absolute atomic E-state index is 0.00611. The first-order valence-corrected chi connectivity index (χ1v) is 6.01. The molecule has 0 saturated heterocycles. The lowest BCUT2D eigenvalue weighted by Crippen LogP contribution is -2.14. The standard InChI is InChI=1S/C12H9Cl2F2NO/c13-11(14)2-6-1-10(6)12(18)17-9-4-7(15)3-8(16)5-9/h2-6,10H,1H2,(H,17,18)/t6-,10+/m1/s1. The van der Waals surface area contributed by atoms with Gasteiger partial charge in [-0.1, -0.05) is 29.3 Å². The van der Waals surface area contributed by atoms with Gasteiger partial charge in [0, 0.05) is 17.7 Å². The summed E-state index contributed by atoms with van der Waals surface area (Å²) in [5, 5.41) is 2.45. The molecule has 18 heavy (non-hydrogen) atoms. The molecule has 1 aromatic carbocycles. The highest BCUT2D eigenvalue weighted by molar-refractivity contribution is 6.55. The van der Waals surface area contributed by atoms with Crippen molar-refractivity contribution in [3.8, 4) is 0 Å². The van der Waals surface area contributed by atoms with Gasteiger partial charge >= 0.3 is 0 Å². The van der Waals surface area contributed by atoms with Crippen molar-refractivity contribution in [2.75, 3.05) is 5.32 Å². The Morgan fingerprint density at radius 3 is 2.44 bits per heavy atom. The highest BCUT2D eigenvalue weighted by Gasteiger charge is 2.41. The number of nitrogens with one attached hydrogen (secondary N) is 1. The van der Waals surface area contributed by atoms with Crippen molar-refractivity contribution in [3.63, 3.8) is 0 Å². The zero-order chi connectivity index (χ0) is 13.3. The summed E-state index contributed by atoms with van der Waals surface area (Å²) in [5.41, 5.74) is 0.101. The van der Waals surface area contributed by atoms with Gasteiger partial charge < -0.3 is 5.32 Å². The van der Waals surface area contributed by atoms with Crippen LogP contribution in [0.2, 0.25) is 0 Å². The number of hydrogen-bond acceptors (Lipinski definition) is 1. The van der Waals surface area contributed by atoms with Gasteiger partial charge in [-0.25, -0.2) is 8.78 Å². The molecule has 2 rings (SSSR count). The van der Waals surface area contributed by atoms with Gasteiger partial charge in [-0.15, -0.1) is 0 Å². The molecule has 96 valence electrons. The van der Waals surface area contributed by atoms with Gasteiger partial charge in [-0.05, 0) is 24.5 Å². The lowest BCUT2D eigenvalue weighted by atomic mass is 10.2. The number of hydrogen-bond donors (Lipinski definition) is 1. The van der Waals surface area contributed by atoms with Crippen LogP contribution in [0.15, 0.2) is 28.8 Å². The highest BCUT2D eigenvalue weighted by Crippen LogP contribution is 2.42. The SMILES string of the molecule is O=C(Nc1cc(F)cc(F)c1)[C@H]1C[C@@H]1C=C(Cl)Cl. The van der Waals surface area contributed by atoms with Gasteiger partial charge in [0.1, 0.15) is 16.1 Å². The van der Waals surface area contributed by atoms with Gasteiger partial charge in [0.05, 0.1) is 0 Å². The van der Waals surface area contributed by atoms with E-state index in [-0.39, 0.29) is 27.9 Å². The number of carbonyl (C=O) groups is 1. The average Bonchev–Trinajstić information content (AvgIpc) is 2.94. The third-order valence-corrected chi connectivity index (χ3v) is 2.90. The number of carbonyl (C=O) groups excluding carboxylic acids is 1. The molecule has 1 aliphatic rings. The van der Waals surface area contributed by atoms with E-state index in [4.69, 9.17) is 23.2 Å². The minimum atomic E-state index is -0.735. The van der Waals surface area contributed by atoms with Crippen molar-refractivity contribution >= 4 is 34.8 Å². The normalized spacial score (nSPS) is 21.3. The van der Waals surface area contributed by atoms with E-state index in [2.05, 4.69) is 5.32 Å². The second-order valence-electron chi connectivity index (χ2n) is 4.11. The van der Waals surface area contributed by atoms with Crippen LogP contribution in [0.25, 0.3) is 0 Å². The lowest BCUT2D eigenvalue weighted by Gasteiger charge is -2.04. The molecule has 1 aliphatic carbocycles. The van der Waals surface area contributed by atoms with E-state index >= 15 is 0 Å². The largest absolute Gasteiger partial charge is 0.326 e. The van der Waals surface area contributed by atoms with Crippen LogP contribution in [-0.4, -0.2) is 5.91 Å². The van der Waals surface area contributed by atoms with Gasteiger partial charge in [0.15, 0.2) is 0 Å². The molecule has 1 saturated carbocycles. The van der Waals surface area contributed by atoms with Crippen molar-refractivity contribution in [3.05, 3.63) is 40.4 Å². The third-order valence-electron chi connectivity index (χ3n) is 2.65. The molecule has 2 atom stereocenters. The first-order chi connectivity index (χ1) is 8.45. The molecule has 0 aromatic heterocycles. The Balaban J connectivity index is 1.98. The number of allylic oxidation sites excluding steroid dienone is 1. The van der Waals surface area contributed by atoms with Crippen molar-refractivity contribution in [1.82, 2.24) is 0 Å². The van der Waals surface area contributed by atoms with Gasteiger partial charge in [-0.3, -0.25) is 4.79 Å². The molecule has 6 heteroatoms. The molecule has 1 N–H and O–H groups in total. The molecule has 2 nitrogen and oxygen atoms in total. The Labute approximate surface area is 113 Å². The number of anilines is 1. The highest BCUT2D eigenvalue weighted by atomic mass is 35.5. The Bertz CT molecular complexity index is 495. The molecule has 0 radical (unpaired) electrons. The maximum Gasteiger partial charge on any atom is 0.228 e. The van der Waals surface area contributed by atoms with Crippen LogP contribution in [0, 0.1) is 23.5 Å². The Morgan fingerprint density at radius 2 is 1.89 bits per heavy atom. The summed E-state index contributed by atoms with van der Waals surface area (Å²) < 4.78 is 25.9. The molecular weight excluding hydrogens is 283 g/mol. The molecule has 1 fully saturated rings. The summed E-state index contributed by atoms with van der Waals surface area (Å²) in [6.07, 6.45) is 2.21. The first-order valence-electron chi connectivity index (χ1n) is 5.25. The summed E-state index contributed by atoms with van der Waals surface area (Å²) in [5.74, 6) is -2.02. The fraction of sp³-hybridized carbons (Fsp3) is 0.250.